The van der Waals surface area contributed by atoms with Crippen molar-refractivity contribution in [3.05, 3.63) is 46.9 Å². The van der Waals surface area contributed by atoms with Gasteiger partial charge in [-0.3, -0.25) is 0 Å². The number of nitrogens with two attached hydrogens (primary N) is 1. The van der Waals surface area contributed by atoms with Crippen molar-refractivity contribution in [2.45, 2.75) is 20.8 Å². The average Bonchev–Trinajstić information content (AvgIpc) is 2.41. The second-order valence-corrected chi connectivity index (χ2v) is 3.93. The molecule has 0 aliphatic rings. The lowest BCUT2D eigenvalue weighted by atomic mass is 10.2. The molecule has 5 heteroatoms. The van der Waals surface area contributed by atoms with E-state index in [9.17, 15) is 4.39 Å². The lowest BCUT2D eigenvalue weighted by Crippen LogP contribution is -1.95. The topological polar surface area (TPSA) is 48.1 Å². The number of aromatic nitrogens is 1. The third-order valence-electron chi connectivity index (χ3n) is 2.23. The number of nitrogen functional groups attached to an aromatic ring is 1. The predicted molar refractivity (Wildman–Crippen MR) is 76.2 cm³/mol. The highest BCUT2D eigenvalue weighted by molar-refractivity contribution is 6.32. The summed E-state index contributed by atoms with van der Waals surface area (Å²) in [5.74, 6) is 0.623. The fourth-order valence-electron chi connectivity index (χ4n) is 1.32. The van der Waals surface area contributed by atoms with Crippen molar-refractivity contribution < 1.29 is 9.13 Å². The molecule has 0 aliphatic heterocycles. The molecule has 1 aromatic heterocycles. The van der Waals surface area contributed by atoms with Gasteiger partial charge in [0.1, 0.15) is 11.6 Å². The molecule has 2 N–H and O–H groups in total. The van der Waals surface area contributed by atoms with Gasteiger partial charge in [0.15, 0.2) is 11.6 Å². The van der Waals surface area contributed by atoms with Gasteiger partial charge in [-0.05, 0) is 36.8 Å². The molecule has 0 saturated heterocycles. The minimum Gasteiger partial charge on any atom is -0.452 e. The first kappa shape index (κ1) is 15.2. The van der Waals surface area contributed by atoms with Gasteiger partial charge in [0.25, 0.3) is 0 Å². The van der Waals surface area contributed by atoms with E-state index in [1.165, 1.54) is 12.1 Å². The monoisotopic (exact) mass is 282 g/mol. The van der Waals surface area contributed by atoms with Gasteiger partial charge in [-0.1, -0.05) is 25.4 Å². The first-order valence-corrected chi connectivity index (χ1v) is 6.29. The normalized spacial score (nSPS) is 9.53. The summed E-state index contributed by atoms with van der Waals surface area (Å²) < 4.78 is 18.7. The van der Waals surface area contributed by atoms with Gasteiger partial charge in [-0.15, -0.1) is 0 Å². The number of ether oxygens (including phenoxy) is 1. The average molecular weight is 283 g/mol. The van der Waals surface area contributed by atoms with E-state index >= 15 is 0 Å². The Hall–Kier alpha value is -1.81. The van der Waals surface area contributed by atoms with Crippen LogP contribution in [0.15, 0.2) is 30.5 Å². The van der Waals surface area contributed by atoms with Gasteiger partial charge >= 0.3 is 0 Å². The highest BCUT2D eigenvalue weighted by Crippen LogP contribution is 2.33. The summed E-state index contributed by atoms with van der Waals surface area (Å²) in [6.07, 6.45) is 1.56. The van der Waals surface area contributed by atoms with E-state index in [1.807, 2.05) is 13.8 Å². The number of rotatable bonds is 2. The quantitative estimate of drug-likeness (QED) is 0.877. The van der Waals surface area contributed by atoms with Crippen LogP contribution in [0.2, 0.25) is 5.02 Å². The Morgan fingerprint density at radius 3 is 2.58 bits per heavy atom. The molecule has 0 amide bonds. The Morgan fingerprint density at radius 2 is 1.95 bits per heavy atom. The summed E-state index contributed by atoms with van der Waals surface area (Å²) in [5.41, 5.74) is 6.08. The van der Waals surface area contributed by atoms with E-state index in [2.05, 4.69) is 4.98 Å². The van der Waals surface area contributed by atoms with Gasteiger partial charge in [0, 0.05) is 6.20 Å². The molecule has 0 radical (unpaired) electrons. The maximum Gasteiger partial charge on any atom is 0.169 e. The zero-order valence-corrected chi connectivity index (χ0v) is 11.8. The van der Waals surface area contributed by atoms with Gasteiger partial charge in [-0.2, -0.15) is 0 Å². The number of benzene rings is 1. The molecule has 1 heterocycles. The number of hydrogen-bond acceptors (Lipinski definition) is 3. The minimum atomic E-state index is -0.374. The third kappa shape index (κ3) is 3.83. The molecule has 19 heavy (non-hydrogen) atoms. The second kappa shape index (κ2) is 6.95. The predicted octanol–water partition coefficient (Wildman–Crippen LogP) is 4.58. The van der Waals surface area contributed by atoms with Crippen LogP contribution in [0.5, 0.6) is 11.5 Å². The second-order valence-electron chi connectivity index (χ2n) is 3.52. The molecule has 2 aromatic rings. The standard InChI is InChI=1S/C12H10ClFN2O.C2H6/c1-7-5-11(8(13)6-9(7)14)17-10-3-2-4-16-12(10)15;1-2/h2-6H,1H3,(H2,15,16);1-2H3. The van der Waals surface area contributed by atoms with Crippen molar-refractivity contribution in [3.63, 3.8) is 0 Å². The lowest BCUT2D eigenvalue weighted by molar-refractivity contribution is 0.480. The molecule has 0 saturated carbocycles. The Balaban J connectivity index is 0.000000861. The van der Waals surface area contributed by atoms with E-state index < -0.39 is 0 Å². The van der Waals surface area contributed by atoms with E-state index in [1.54, 1.807) is 25.3 Å². The summed E-state index contributed by atoms with van der Waals surface area (Å²) in [5, 5.41) is 0.191. The molecule has 0 spiro atoms. The molecule has 0 unspecified atom stereocenters. The number of nitrogens with zero attached hydrogens (tertiary/aromatic N) is 1. The van der Waals surface area contributed by atoms with E-state index in [4.69, 9.17) is 22.1 Å². The van der Waals surface area contributed by atoms with Crippen LogP contribution in [-0.2, 0) is 0 Å². The van der Waals surface area contributed by atoms with E-state index in [-0.39, 0.29) is 16.7 Å². The van der Waals surface area contributed by atoms with Gasteiger partial charge in [-0.25, -0.2) is 9.37 Å². The Kier molecular flexibility index (Phi) is 5.57. The van der Waals surface area contributed by atoms with Crippen LogP contribution in [0.25, 0.3) is 0 Å². The van der Waals surface area contributed by atoms with Gasteiger partial charge in [0.2, 0.25) is 0 Å². The number of halogens is 2. The SMILES string of the molecule is CC.Cc1cc(Oc2cccnc2N)c(Cl)cc1F. The van der Waals surface area contributed by atoms with Crippen LogP contribution in [0.1, 0.15) is 19.4 Å². The number of pyridine rings is 1. The van der Waals surface area contributed by atoms with E-state index in [0.29, 0.717) is 17.1 Å². The summed E-state index contributed by atoms with van der Waals surface area (Å²) in [4.78, 5) is 3.88. The fraction of sp³-hybridized carbons (Fsp3) is 0.214. The first-order valence-electron chi connectivity index (χ1n) is 5.92. The van der Waals surface area contributed by atoms with Crippen molar-refractivity contribution in [3.8, 4) is 11.5 Å². The fourth-order valence-corrected chi connectivity index (χ4v) is 1.51. The Bertz CT molecular complexity index is 561. The first-order chi connectivity index (χ1) is 9.08. The minimum absolute atomic E-state index is 0.191. The van der Waals surface area contributed by atoms with Crippen LogP contribution in [0.3, 0.4) is 0 Å². The van der Waals surface area contributed by atoms with Gasteiger partial charge in [0.05, 0.1) is 5.02 Å². The molecule has 2 rings (SSSR count). The molecular formula is C14H16ClFN2O. The van der Waals surface area contributed by atoms with Crippen molar-refractivity contribution in [1.82, 2.24) is 4.98 Å². The molecule has 0 aliphatic carbocycles. The smallest absolute Gasteiger partial charge is 0.169 e. The summed E-state index contributed by atoms with van der Waals surface area (Å²) >= 11 is 5.88. The summed E-state index contributed by atoms with van der Waals surface area (Å²) in [6.45, 7) is 5.63. The molecule has 102 valence electrons. The third-order valence-corrected chi connectivity index (χ3v) is 2.53. The highest BCUT2D eigenvalue weighted by atomic mass is 35.5. The summed E-state index contributed by atoms with van der Waals surface area (Å²) in [7, 11) is 0. The molecule has 1 aromatic carbocycles. The van der Waals surface area contributed by atoms with Crippen molar-refractivity contribution in [1.29, 1.82) is 0 Å². The zero-order chi connectivity index (χ0) is 14.4. The molecule has 0 atom stereocenters. The molecule has 0 fully saturated rings. The molecule has 0 bridgehead atoms. The van der Waals surface area contributed by atoms with Gasteiger partial charge < -0.3 is 10.5 Å². The maximum absolute atomic E-state index is 13.2. The largest absolute Gasteiger partial charge is 0.452 e. The zero-order valence-electron chi connectivity index (χ0n) is 11.1. The number of anilines is 1. The van der Waals surface area contributed by atoms with Crippen molar-refractivity contribution in [2.75, 3.05) is 5.73 Å². The van der Waals surface area contributed by atoms with Crippen LogP contribution in [0.4, 0.5) is 10.2 Å². The molecule has 3 nitrogen and oxygen atoms in total. The summed E-state index contributed by atoms with van der Waals surface area (Å²) in [6, 6.07) is 6.08. The van der Waals surface area contributed by atoms with Crippen LogP contribution in [0, 0.1) is 12.7 Å². The number of aryl methyl sites for hydroxylation is 1. The number of hydrogen-bond donors (Lipinski definition) is 1. The Morgan fingerprint density at radius 1 is 1.26 bits per heavy atom. The highest BCUT2D eigenvalue weighted by Gasteiger charge is 2.09. The van der Waals surface area contributed by atoms with Crippen molar-refractivity contribution in [2.24, 2.45) is 0 Å². The van der Waals surface area contributed by atoms with Crippen molar-refractivity contribution >= 4 is 17.4 Å². The van der Waals surface area contributed by atoms with E-state index in [0.717, 1.165) is 0 Å². The lowest BCUT2D eigenvalue weighted by Gasteiger charge is -2.10. The van der Waals surface area contributed by atoms with Crippen LogP contribution >= 0.6 is 11.6 Å². The molecular weight excluding hydrogens is 267 g/mol. The maximum atomic E-state index is 13.2. The van der Waals surface area contributed by atoms with Crippen LogP contribution < -0.4 is 10.5 Å². The Labute approximate surface area is 117 Å². The van der Waals surface area contributed by atoms with Crippen LogP contribution in [-0.4, -0.2) is 4.98 Å².